The Balaban J connectivity index is 1.31. The minimum Gasteiger partial charge on any atom is -0.497 e. The standard InChI is InChI=1S/C25H26FN5O2S/c1-16-22-23(31(29-16)20-9-4-8-19(26)13-20)28-25(34-22)30-11-5-7-18(15-30)24(32)27-14-17-6-3-10-21(12-17)33-2/h3-4,6,8-10,12-13,18H,5,7,11,14-15H2,1-2H3,(H,27,32). The van der Waals surface area contributed by atoms with Crippen LogP contribution in [0.3, 0.4) is 0 Å². The van der Waals surface area contributed by atoms with Gasteiger partial charge in [0.25, 0.3) is 0 Å². The van der Waals surface area contributed by atoms with Gasteiger partial charge < -0.3 is 15.0 Å². The van der Waals surface area contributed by atoms with Gasteiger partial charge in [-0.2, -0.15) is 10.1 Å². The Kier molecular flexibility index (Phi) is 6.19. The highest BCUT2D eigenvalue weighted by Gasteiger charge is 2.28. The van der Waals surface area contributed by atoms with Crippen LogP contribution in [0.25, 0.3) is 16.0 Å². The van der Waals surface area contributed by atoms with Gasteiger partial charge in [0.2, 0.25) is 5.91 Å². The van der Waals surface area contributed by atoms with Gasteiger partial charge in [-0.1, -0.05) is 29.5 Å². The molecule has 1 N–H and O–H groups in total. The van der Waals surface area contributed by atoms with Crippen LogP contribution in [-0.4, -0.2) is 40.9 Å². The molecule has 2 aromatic carbocycles. The highest BCUT2D eigenvalue weighted by atomic mass is 32.1. The Labute approximate surface area is 201 Å². The number of hydrogen-bond donors (Lipinski definition) is 1. The summed E-state index contributed by atoms with van der Waals surface area (Å²) in [6, 6.07) is 14.1. The molecule has 1 amide bonds. The van der Waals surface area contributed by atoms with E-state index in [0.29, 0.717) is 24.4 Å². The van der Waals surface area contributed by atoms with Crippen LogP contribution < -0.4 is 15.0 Å². The number of hydrogen-bond acceptors (Lipinski definition) is 6. The monoisotopic (exact) mass is 479 g/mol. The largest absolute Gasteiger partial charge is 0.497 e. The highest BCUT2D eigenvalue weighted by molar-refractivity contribution is 7.22. The number of amides is 1. The summed E-state index contributed by atoms with van der Waals surface area (Å²) in [6.45, 7) is 3.87. The lowest BCUT2D eigenvalue weighted by Gasteiger charge is -2.31. The lowest BCUT2D eigenvalue weighted by molar-refractivity contribution is -0.125. The quantitative estimate of drug-likeness (QED) is 0.442. The van der Waals surface area contributed by atoms with Crippen LogP contribution in [-0.2, 0) is 11.3 Å². The zero-order chi connectivity index (χ0) is 23.7. The molecule has 0 spiro atoms. The molecule has 0 bridgehead atoms. The molecular weight excluding hydrogens is 453 g/mol. The average molecular weight is 480 g/mol. The van der Waals surface area contributed by atoms with Crippen LogP contribution in [0.15, 0.2) is 48.5 Å². The minimum absolute atomic E-state index is 0.0516. The Hall–Kier alpha value is -3.46. The van der Waals surface area contributed by atoms with Gasteiger partial charge >= 0.3 is 0 Å². The topological polar surface area (TPSA) is 72.3 Å². The fourth-order valence-electron chi connectivity index (χ4n) is 4.33. The number of rotatable bonds is 6. The third-order valence-electron chi connectivity index (χ3n) is 6.09. The summed E-state index contributed by atoms with van der Waals surface area (Å²) in [6.07, 6.45) is 1.77. The molecule has 1 aliphatic heterocycles. The van der Waals surface area contributed by atoms with Crippen molar-refractivity contribution in [3.63, 3.8) is 0 Å². The molecule has 0 saturated carbocycles. The van der Waals surface area contributed by atoms with E-state index in [0.717, 1.165) is 46.2 Å². The summed E-state index contributed by atoms with van der Waals surface area (Å²) in [5.41, 5.74) is 3.22. The summed E-state index contributed by atoms with van der Waals surface area (Å²) in [7, 11) is 1.63. The van der Waals surface area contributed by atoms with E-state index < -0.39 is 0 Å². The van der Waals surface area contributed by atoms with Crippen LogP contribution in [0, 0.1) is 18.7 Å². The van der Waals surface area contributed by atoms with E-state index in [4.69, 9.17) is 9.72 Å². The Bertz CT molecular complexity index is 1330. The fourth-order valence-corrected chi connectivity index (χ4v) is 5.35. The lowest BCUT2D eigenvalue weighted by atomic mass is 9.97. The van der Waals surface area contributed by atoms with E-state index in [-0.39, 0.29) is 17.6 Å². The maximum atomic E-state index is 13.8. The van der Waals surface area contributed by atoms with Crippen molar-refractivity contribution in [3.8, 4) is 11.4 Å². The fraction of sp³-hybridized carbons (Fsp3) is 0.320. The van der Waals surface area contributed by atoms with Crippen LogP contribution >= 0.6 is 11.3 Å². The number of nitrogens with zero attached hydrogens (tertiary/aromatic N) is 4. The summed E-state index contributed by atoms with van der Waals surface area (Å²) in [5, 5.41) is 8.50. The molecule has 1 fully saturated rings. The second-order valence-corrected chi connectivity index (χ2v) is 9.46. The van der Waals surface area contributed by atoms with Crippen molar-refractivity contribution in [3.05, 3.63) is 65.6 Å². The average Bonchev–Trinajstić information content (AvgIpc) is 3.43. The maximum Gasteiger partial charge on any atom is 0.225 e. The van der Waals surface area contributed by atoms with Crippen molar-refractivity contribution < 1.29 is 13.9 Å². The van der Waals surface area contributed by atoms with Gasteiger partial charge in [-0.25, -0.2) is 9.07 Å². The molecule has 1 unspecified atom stereocenters. The number of halogens is 1. The van der Waals surface area contributed by atoms with Gasteiger partial charge in [0.1, 0.15) is 11.6 Å². The zero-order valence-corrected chi connectivity index (χ0v) is 19.9. The zero-order valence-electron chi connectivity index (χ0n) is 19.1. The third kappa shape index (κ3) is 4.48. The number of nitrogens with one attached hydrogen (secondary N) is 1. The SMILES string of the molecule is COc1cccc(CNC(=O)C2CCCN(c3nc4c(s3)c(C)nn4-c3cccc(F)c3)C2)c1. The Morgan fingerprint density at radius 2 is 2.12 bits per heavy atom. The van der Waals surface area contributed by atoms with Gasteiger partial charge in [0, 0.05) is 19.6 Å². The second kappa shape index (κ2) is 9.42. The molecule has 0 radical (unpaired) electrons. The van der Waals surface area contributed by atoms with E-state index >= 15 is 0 Å². The van der Waals surface area contributed by atoms with Crippen molar-refractivity contribution in [2.75, 3.05) is 25.1 Å². The van der Waals surface area contributed by atoms with Crippen molar-refractivity contribution in [1.29, 1.82) is 0 Å². The van der Waals surface area contributed by atoms with Gasteiger partial charge in [-0.3, -0.25) is 4.79 Å². The van der Waals surface area contributed by atoms with Gasteiger partial charge in [-0.15, -0.1) is 0 Å². The number of aromatic nitrogens is 3. The number of aryl methyl sites for hydroxylation is 1. The van der Waals surface area contributed by atoms with Crippen molar-refractivity contribution in [2.45, 2.75) is 26.3 Å². The van der Waals surface area contributed by atoms with Crippen molar-refractivity contribution in [1.82, 2.24) is 20.1 Å². The molecule has 0 aliphatic carbocycles. The van der Waals surface area contributed by atoms with E-state index in [1.165, 1.54) is 12.1 Å². The number of ether oxygens (including phenoxy) is 1. The van der Waals surface area contributed by atoms with E-state index in [1.54, 1.807) is 29.2 Å². The summed E-state index contributed by atoms with van der Waals surface area (Å²) < 4.78 is 21.7. The van der Waals surface area contributed by atoms with Gasteiger partial charge in [0.05, 0.1) is 29.1 Å². The van der Waals surface area contributed by atoms with Crippen LogP contribution in [0.4, 0.5) is 9.52 Å². The number of fused-ring (bicyclic) bond motifs is 1. The number of carbonyl (C=O) groups is 1. The van der Waals surface area contributed by atoms with E-state index in [9.17, 15) is 9.18 Å². The van der Waals surface area contributed by atoms with Gasteiger partial charge in [-0.05, 0) is 55.7 Å². The normalized spacial score (nSPS) is 16.1. The molecule has 1 atom stereocenters. The smallest absolute Gasteiger partial charge is 0.225 e. The van der Waals surface area contributed by atoms with E-state index in [2.05, 4.69) is 15.3 Å². The molecule has 7 nitrogen and oxygen atoms in total. The number of carbonyl (C=O) groups excluding carboxylic acids is 1. The third-order valence-corrected chi connectivity index (χ3v) is 7.31. The maximum absolute atomic E-state index is 13.8. The van der Waals surface area contributed by atoms with Crippen molar-refractivity contribution >= 4 is 32.7 Å². The first-order valence-electron chi connectivity index (χ1n) is 11.3. The Morgan fingerprint density at radius 3 is 2.94 bits per heavy atom. The molecule has 3 heterocycles. The first kappa shape index (κ1) is 22.3. The lowest BCUT2D eigenvalue weighted by Crippen LogP contribution is -2.43. The molecule has 9 heteroatoms. The molecule has 2 aromatic heterocycles. The molecule has 1 aliphatic rings. The second-order valence-electron chi connectivity index (χ2n) is 8.48. The molecule has 1 saturated heterocycles. The molecular formula is C25H26FN5O2S. The first-order chi connectivity index (χ1) is 16.5. The minimum atomic E-state index is -0.312. The number of methoxy groups -OCH3 is 1. The predicted molar refractivity (Wildman–Crippen MR) is 131 cm³/mol. The molecule has 5 rings (SSSR count). The molecule has 34 heavy (non-hydrogen) atoms. The summed E-state index contributed by atoms with van der Waals surface area (Å²) >= 11 is 1.57. The molecule has 4 aromatic rings. The van der Waals surface area contributed by atoms with Gasteiger partial charge in [0.15, 0.2) is 10.8 Å². The van der Waals surface area contributed by atoms with E-state index in [1.807, 2.05) is 37.3 Å². The van der Waals surface area contributed by atoms with Crippen LogP contribution in [0.2, 0.25) is 0 Å². The number of anilines is 1. The first-order valence-corrected chi connectivity index (χ1v) is 12.1. The highest BCUT2D eigenvalue weighted by Crippen LogP contribution is 2.34. The Morgan fingerprint density at radius 1 is 1.26 bits per heavy atom. The number of piperidine rings is 1. The van der Waals surface area contributed by atoms with Crippen LogP contribution in [0.1, 0.15) is 24.1 Å². The number of thiazole rings is 1. The number of benzene rings is 2. The van der Waals surface area contributed by atoms with Crippen LogP contribution in [0.5, 0.6) is 5.75 Å². The predicted octanol–water partition coefficient (Wildman–Crippen LogP) is 4.47. The summed E-state index contributed by atoms with van der Waals surface area (Å²) in [5.74, 6) is 0.412. The van der Waals surface area contributed by atoms with Crippen molar-refractivity contribution in [2.24, 2.45) is 5.92 Å². The summed E-state index contributed by atoms with van der Waals surface area (Å²) in [4.78, 5) is 19.9. The molecule has 176 valence electrons.